The van der Waals surface area contributed by atoms with Gasteiger partial charge in [0.1, 0.15) is 0 Å². The van der Waals surface area contributed by atoms with Crippen LogP contribution in [-0.2, 0) is 4.74 Å². The van der Waals surface area contributed by atoms with Crippen LogP contribution in [0.3, 0.4) is 0 Å². The van der Waals surface area contributed by atoms with Gasteiger partial charge in [-0.1, -0.05) is 0 Å². The molecule has 2 heteroatoms. The summed E-state index contributed by atoms with van der Waals surface area (Å²) in [6.45, 7) is 1.72. The molecular weight excluding hydrogens is 128 g/mol. The third-order valence-electron chi connectivity index (χ3n) is 3.11. The molecule has 0 amide bonds. The van der Waals surface area contributed by atoms with Crippen LogP contribution in [0.15, 0.2) is 0 Å². The van der Waals surface area contributed by atoms with Crippen molar-refractivity contribution in [2.24, 2.45) is 5.41 Å². The fourth-order valence-electron chi connectivity index (χ4n) is 2.04. The van der Waals surface area contributed by atoms with Crippen molar-refractivity contribution in [3.63, 3.8) is 0 Å². The third-order valence-corrected chi connectivity index (χ3v) is 3.11. The summed E-state index contributed by atoms with van der Waals surface area (Å²) in [5.41, 5.74) is 0.290. The lowest BCUT2D eigenvalue weighted by Gasteiger charge is -2.49. The Hall–Kier alpha value is -0.0800. The highest BCUT2D eigenvalue weighted by molar-refractivity contribution is 4.96. The first-order valence-electron chi connectivity index (χ1n) is 4.09. The molecular formula is C8H14O2. The minimum Gasteiger partial charge on any atom is -0.393 e. The Kier molecular flexibility index (Phi) is 1.46. The molecule has 2 fully saturated rings. The van der Waals surface area contributed by atoms with Crippen LogP contribution in [0.4, 0.5) is 0 Å². The molecule has 0 aromatic rings. The molecule has 1 spiro atoms. The van der Waals surface area contributed by atoms with Crippen LogP contribution in [0.25, 0.3) is 0 Å². The van der Waals surface area contributed by atoms with Gasteiger partial charge in [0.05, 0.1) is 6.10 Å². The Morgan fingerprint density at radius 2 is 1.90 bits per heavy atom. The van der Waals surface area contributed by atoms with Crippen molar-refractivity contribution in [2.75, 3.05) is 13.2 Å². The number of rotatable bonds is 0. The molecule has 1 atom stereocenters. The molecule has 0 radical (unpaired) electrons. The maximum absolute atomic E-state index is 9.47. The largest absolute Gasteiger partial charge is 0.393 e. The summed E-state index contributed by atoms with van der Waals surface area (Å²) in [5, 5.41) is 9.47. The van der Waals surface area contributed by atoms with E-state index >= 15 is 0 Å². The van der Waals surface area contributed by atoms with Gasteiger partial charge < -0.3 is 9.84 Å². The molecule has 0 bridgehead atoms. The maximum Gasteiger partial charge on any atom is 0.0598 e. The molecule has 58 valence electrons. The quantitative estimate of drug-likeness (QED) is 0.545. The van der Waals surface area contributed by atoms with E-state index in [2.05, 4.69) is 0 Å². The van der Waals surface area contributed by atoms with E-state index in [-0.39, 0.29) is 11.5 Å². The van der Waals surface area contributed by atoms with Crippen LogP contribution in [-0.4, -0.2) is 24.4 Å². The van der Waals surface area contributed by atoms with Gasteiger partial charge in [0, 0.05) is 18.6 Å². The maximum atomic E-state index is 9.47. The summed E-state index contributed by atoms with van der Waals surface area (Å²) in [5.74, 6) is 0. The van der Waals surface area contributed by atoms with E-state index in [9.17, 15) is 5.11 Å². The Morgan fingerprint density at radius 3 is 2.20 bits per heavy atom. The standard InChI is InChI=1S/C8H14O2/c9-7-1-2-8(7)3-5-10-6-4-8/h7,9H,1-6H2. The van der Waals surface area contributed by atoms with E-state index in [1.54, 1.807) is 0 Å². The molecule has 1 N–H and O–H groups in total. The minimum absolute atomic E-state index is 0.0172. The Morgan fingerprint density at radius 1 is 1.20 bits per heavy atom. The van der Waals surface area contributed by atoms with Crippen LogP contribution < -0.4 is 0 Å². The number of aliphatic hydroxyl groups is 1. The second-order valence-electron chi connectivity index (χ2n) is 3.53. The van der Waals surface area contributed by atoms with Crippen molar-refractivity contribution in [1.82, 2.24) is 0 Å². The van der Waals surface area contributed by atoms with Crippen molar-refractivity contribution in [2.45, 2.75) is 31.8 Å². The lowest BCUT2D eigenvalue weighted by Crippen LogP contribution is -2.48. The number of hydrogen-bond donors (Lipinski definition) is 1. The van der Waals surface area contributed by atoms with Crippen molar-refractivity contribution < 1.29 is 9.84 Å². The van der Waals surface area contributed by atoms with Gasteiger partial charge >= 0.3 is 0 Å². The molecule has 1 heterocycles. The molecule has 2 rings (SSSR count). The molecule has 2 aliphatic rings. The number of aliphatic hydroxyl groups excluding tert-OH is 1. The van der Waals surface area contributed by atoms with Crippen molar-refractivity contribution in [3.8, 4) is 0 Å². The highest BCUT2D eigenvalue weighted by atomic mass is 16.5. The second-order valence-corrected chi connectivity index (χ2v) is 3.53. The molecule has 1 saturated heterocycles. The van der Waals surface area contributed by atoms with Crippen molar-refractivity contribution in [3.05, 3.63) is 0 Å². The summed E-state index contributed by atoms with van der Waals surface area (Å²) in [6, 6.07) is 0. The van der Waals surface area contributed by atoms with Crippen molar-refractivity contribution in [1.29, 1.82) is 0 Å². The zero-order valence-corrected chi connectivity index (χ0v) is 6.18. The van der Waals surface area contributed by atoms with E-state index in [0.717, 1.165) is 32.5 Å². The van der Waals surface area contributed by atoms with Crippen LogP contribution >= 0.6 is 0 Å². The zero-order valence-electron chi connectivity index (χ0n) is 6.18. The van der Waals surface area contributed by atoms with Gasteiger partial charge in [-0.25, -0.2) is 0 Å². The van der Waals surface area contributed by atoms with Gasteiger partial charge in [0.15, 0.2) is 0 Å². The van der Waals surface area contributed by atoms with Gasteiger partial charge in [0.2, 0.25) is 0 Å². The molecule has 10 heavy (non-hydrogen) atoms. The predicted molar refractivity (Wildman–Crippen MR) is 37.7 cm³/mol. The summed E-state index contributed by atoms with van der Waals surface area (Å²) < 4.78 is 5.24. The summed E-state index contributed by atoms with van der Waals surface area (Å²) in [7, 11) is 0. The summed E-state index contributed by atoms with van der Waals surface area (Å²) >= 11 is 0. The van der Waals surface area contributed by atoms with E-state index in [4.69, 9.17) is 4.74 Å². The second kappa shape index (κ2) is 2.21. The van der Waals surface area contributed by atoms with E-state index in [0.29, 0.717) is 0 Å². The average Bonchev–Trinajstić information content (AvgIpc) is 2.04. The molecule has 1 aliphatic heterocycles. The normalized spacial score (nSPS) is 37.5. The minimum atomic E-state index is -0.0172. The molecule has 2 nitrogen and oxygen atoms in total. The van der Waals surface area contributed by atoms with Gasteiger partial charge in [-0.3, -0.25) is 0 Å². The van der Waals surface area contributed by atoms with E-state index in [1.807, 2.05) is 0 Å². The van der Waals surface area contributed by atoms with Crippen LogP contribution in [0.5, 0.6) is 0 Å². The lowest BCUT2D eigenvalue weighted by molar-refractivity contribution is -0.123. The topological polar surface area (TPSA) is 29.5 Å². The molecule has 1 aliphatic carbocycles. The highest BCUT2D eigenvalue weighted by Gasteiger charge is 2.46. The van der Waals surface area contributed by atoms with Gasteiger partial charge in [-0.2, -0.15) is 0 Å². The van der Waals surface area contributed by atoms with E-state index in [1.165, 1.54) is 6.42 Å². The average molecular weight is 142 g/mol. The predicted octanol–water partition coefficient (Wildman–Crippen LogP) is 0.938. The Balaban J connectivity index is 1.99. The summed E-state index contributed by atoms with van der Waals surface area (Å²) in [4.78, 5) is 0. The summed E-state index contributed by atoms with van der Waals surface area (Å²) in [6.07, 6.45) is 4.37. The van der Waals surface area contributed by atoms with Crippen LogP contribution in [0.2, 0.25) is 0 Å². The Bertz CT molecular complexity index is 127. The smallest absolute Gasteiger partial charge is 0.0598 e. The van der Waals surface area contributed by atoms with Gasteiger partial charge in [0.25, 0.3) is 0 Å². The molecule has 0 aromatic carbocycles. The fourth-order valence-corrected chi connectivity index (χ4v) is 2.04. The SMILES string of the molecule is OC1CCC12CCOCC2. The first-order chi connectivity index (χ1) is 4.83. The monoisotopic (exact) mass is 142 g/mol. The number of hydrogen-bond acceptors (Lipinski definition) is 2. The fraction of sp³-hybridized carbons (Fsp3) is 1.00. The van der Waals surface area contributed by atoms with Gasteiger partial charge in [-0.05, 0) is 25.7 Å². The number of ether oxygens (including phenoxy) is 1. The first-order valence-corrected chi connectivity index (χ1v) is 4.09. The van der Waals surface area contributed by atoms with Crippen LogP contribution in [0.1, 0.15) is 25.7 Å². The molecule has 0 aromatic heterocycles. The molecule has 1 saturated carbocycles. The van der Waals surface area contributed by atoms with Crippen molar-refractivity contribution >= 4 is 0 Å². The van der Waals surface area contributed by atoms with Gasteiger partial charge in [-0.15, -0.1) is 0 Å². The zero-order chi connectivity index (χ0) is 7.03. The molecule has 1 unspecified atom stereocenters. The van der Waals surface area contributed by atoms with Crippen LogP contribution in [0, 0.1) is 5.41 Å². The van der Waals surface area contributed by atoms with E-state index < -0.39 is 0 Å². The first kappa shape index (κ1) is 6.62. The Labute approximate surface area is 61.2 Å². The highest BCUT2D eigenvalue weighted by Crippen LogP contribution is 2.48. The third kappa shape index (κ3) is 0.789. The lowest BCUT2D eigenvalue weighted by atomic mass is 9.62.